The van der Waals surface area contributed by atoms with Crippen molar-refractivity contribution >= 4 is 38.9 Å². The third kappa shape index (κ3) is 3.29. The first-order valence-electron chi connectivity index (χ1n) is 10.2. The number of carbonyl (C=O) groups excluding carboxylic acids is 2. The van der Waals surface area contributed by atoms with Gasteiger partial charge in [-0.15, -0.1) is 11.3 Å². The van der Waals surface area contributed by atoms with E-state index in [1.54, 1.807) is 23.6 Å². The molecule has 0 unspecified atom stereocenters. The van der Waals surface area contributed by atoms with E-state index >= 15 is 0 Å². The number of hydrogen-bond acceptors (Lipinski definition) is 7. The molecule has 4 heterocycles. The molecule has 2 aromatic heterocycles. The molecule has 5 rings (SSSR count). The first-order valence-corrected chi connectivity index (χ1v) is 11.0. The van der Waals surface area contributed by atoms with Crippen molar-refractivity contribution in [2.75, 3.05) is 12.1 Å². The lowest BCUT2D eigenvalue weighted by atomic mass is 10.1. The Kier molecular flexibility index (Phi) is 4.77. The standard InChI is InChI=1S/C22H21N3O5S/c1-11-18-21(24-17-6-4-3-5-7-25(17)22(18)28)31-19(11)20(27)23-14-9-16-15(29-10-30-16)8-13(14)12(2)26/h8-9H,3-7,10H2,1-2H3,(H,23,27). The predicted molar refractivity (Wildman–Crippen MR) is 117 cm³/mol. The number of benzene rings is 1. The Morgan fingerprint density at radius 2 is 1.94 bits per heavy atom. The predicted octanol–water partition coefficient (Wildman–Crippen LogP) is 3.68. The molecule has 2 aliphatic heterocycles. The summed E-state index contributed by atoms with van der Waals surface area (Å²) in [5, 5.41) is 3.32. The Balaban J connectivity index is 1.56. The molecule has 2 aliphatic rings. The van der Waals surface area contributed by atoms with E-state index < -0.39 is 0 Å². The molecule has 0 bridgehead atoms. The molecule has 0 spiro atoms. The van der Waals surface area contributed by atoms with E-state index in [1.165, 1.54) is 18.3 Å². The summed E-state index contributed by atoms with van der Waals surface area (Å²) >= 11 is 1.21. The van der Waals surface area contributed by atoms with Crippen molar-refractivity contribution in [1.29, 1.82) is 0 Å². The van der Waals surface area contributed by atoms with E-state index in [-0.39, 0.29) is 24.0 Å². The second-order valence-corrected chi connectivity index (χ2v) is 8.79. The number of aryl methyl sites for hydroxylation is 2. The smallest absolute Gasteiger partial charge is 0.266 e. The highest BCUT2D eigenvalue weighted by Crippen LogP contribution is 2.38. The molecule has 0 radical (unpaired) electrons. The third-order valence-corrected chi connectivity index (χ3v) is 6.94. The van der Waals surface area contributed by atoms with Gasteiger partial charge in [-0.3, -0.25) is 19.0 Å². The normalized spacial score (nSPS) is 14.9. The summed E-state index contributed by atoms with van der Waals surface area (Å²) in [4.78, 5) is 44.1. The number of nitrogens with one attached hydrogen (secondary N) is 1. The number of fused-ring (bicyclic) bond motifs is 3. The largest absolute Gasteiger partial charge is 0.454 e. The molecule has 0 saturated heterocycles. The van der Waals surface area contributed by atoms with E-state index in [0.717, 1.165) is 31.5 Å². The Hall–Kier alpha value is -3.20. The molecule has 8 nitrogen and oxygen atoms in total. The number of aromatic nitrogens is 2. The van der Waals surface area contributed by atoms with Gasteiger partial charge in [0.05, 0.1) is 16.0 Å². The van der Waals surface area contributed by atoms with Gasteiger partial charge in [0.25, 0.3) is 11.5 Å². The van der Waals surface area contributed by atoms with Crippen LogP contribution in [0, 0.1) is 6.92 Å². The molecule has 0 atom stereocenters. The molecule has 31 heavy (non-hydrogen) atoms. The van der Waals surface area contributed by atoms with Gasteiger partial charge in [-0.05, 0) is 38.3 Å². The zero-order chi connectivity index (χ0) is 21.7. The topological polar surface area (TPSA) is 99.5 Å². The molecule has 160 valence electrons. The van der Waals surface area contributed by atoms with Crippen LogP contribution in [0.15, 0.2) is 16.9 Å². The number of anilines is 1. The molecular weight excluding hydrogens is 418 g/mol. The second-order valence-electron chi connectivity index (χ2n) is 7.79. The zero-order valence-electron chi connectivity index (χ0n) is 17.2. The number of amides is 1. The molecule has 1 N–H and O–H groups in total. The maximum Gasteiger partial charge on any atom is 0.266 e. The van der Waals surface area contributed by atoms with Crippen LogP contribution in [0.5, 0.6) is 11.5 Å². The van der Waals surface area contributed by atoms with Crippen molar-refractivity contribution in [2.24, 2.45) is 0 Å². The fraction of sp³-hybridized carbons (Fsp3) is 0.364. The van der Waals surface area contributed by atoms with Gasteiger partial charge in [-0.1, -0.05) is 6.42 Å². The maximum absolute atomic E-state index is 13.1. The monoisotopic (exact) mass is 439 g/mol. The lowest BCUT2D eigenvalue weighted by Gasteiger charge is -2.10. The van der Waals surface area contributed by atoms with Gasteiger partial charge in [0.1, 0.15) is 10.7 Å². The van der Waals surface area contributed by atoms with E-state index in [1.807, 2.05) is 0 Å². The van der Waals surface area contributed by atoms with Crippen molar-refractivity contribution < 1.29 is 19.1 Å². The molecule has 0 aliphatic carbocycles. The minimum absolute atomic E-state index is 0.0692. The lowest BCUT2D eigenvalue weighted by molar-refractivity contribution is 0.101. The van der Waals surface area contributed by atoms with Crippen molar-refractivity contribution in [3.8, 4) is 11.5 Å². The highest BCUT2D eigenvalue weighted by molar-refractivity contribution is 7.20. The van der Waals surface area contributed by atoms with Gasteiger partial charge in [0, 0.05) is 24.6 Å². The minimum atomic E-state index is -0.388. The average molecular weight is 439 g/mol. The van der Waals surface area contributed by atoms with Crippen LogP contribution in [0.4, 0.5) is 5.69 Å². The van der Waals surface area contributed by atoms with E-state index in [4.69, 9.17) is 14.5 Å². The summed E-state index contributed by atoms with van der Waals surface area (Å²) in [6, 6.07) is 3.16. The first kappa shape index (κ1) is 19.7. The average Bonchev–Trinajstić information content (AvgIpc) is 3.23. The number of carbonyl (C=O) groups is 2. The van der Waals surface area contributed by atoms with Crippen molar-refractivity contribution in [1.82, 2.24) is 9.55 Å². The van der Waals surface area contributed by atoms with Crippen molar-refractivity contribution in [3.63, 3.8) is 0 Å². The third-order valence-electron chi connectivity index (χ3n) is 5.76. The number of hydrogen-bond donors (Lipinski definition) is 1. The molecule has 1 aromatic carbocycles. The van der Waals surface area contributed by atoms with Gasteiger partial charge in [0.2, 0.25) is 6.79 Å². The maximum atomic E-state index is 13.1. The summed E-state index contributed by atoms with van der Waals surface area (Å²) in [7, 11) is 0. The molecule has 3 aromatic rings. The fourth-order valence-electron chi connectivity index (χ4n) is 4.14. The Bertz CT molecular complexity index is 1310. The van der Waals surface area contributed by atoms with Crippen LogP contribution in [-0.2, 0) is 13.0 Å². The second kappa shape index (κ2) is 7.49. The highest BCUT2D eigenvalue weighted by Gasteiger charge is 2.25. The Labute approximate surface area is 181 Å². The highest BCUT2D eigenvalue weighted by atomic mass is 32.1. The minimum Gasteiger partial charge on any atom is -0.454 e. The van der Waals surface area contributed by atoms with Gasteiger partial charge < -0.3 is 14.8 Å². The van der Waals surface area contributed by atoms with Crippen molar-refractivity contribution in [2.45, 2.75) is 46.1 Å². The molecular formula is C22H21N3O5S. The SMILES string of the molecule is CC(=O)c1cc2c(cc1NC(=O)c1sc3nc4n(c(=O)c3c1C)CCCCC4)OCO2. The van der Waals surface area contributed by atoms with Crippen molar-refractivity contribution in [3.05, 3.63) is 44.3 Å². The van der Waals surface area contributed by atoms with Crippen LogP contribution in [0.1, 0.15) is 57.6 Å². The number of Topliss-reactive ketones (excluding diaryl/α,β-unsaturated/α-hetero) is 1. The van der Waals surface area contributed by atoms with E-state index in [0.29, 0.717) is 50.0 Å². The molecule has 1 amide bonds. The summed E-state index contributed by atoms with van der Waals surface area (Å²) in [6.07, 6.45) is 3.81. The van der Waals surface area contributed by atoms with E-state index in [9.17, 15) is 14.4 Å². The van der Waals surface area contributed by atoms with Crippen LogP contribution in [-0.4, -0.2) is 28.0 Å². The van der Waals surface area contributed by atoms with Gasteiger partial charge >= 0.3 is 0 Å². The molecule has 9 heteroatoms. The zero-order valence-corrected chi connectivity index (χ0v) is 18.1. The summed E-state index contributed by atoms with van der Waals surface area (Å²) in [5.41, 5.74) is 1.21. The first-order chi connectivity index (χ1) is 14.9. The Morgan fingerprint density at radius 1 is 1.16 bits per heavy atom. The van der Waals surface area contributed by atoms with Crippen LogP contribution in [0.3, 0.4) is 0 Å². The number of rotatable bonds is 3. The van der Waals surface area contributed by atoms with Gasteiger partial charge in [-0.2, -0.15) is 0 Å². The van der Waals surface area contributed by atoms with Crippen LogP contribution in [0.25, 0.3) is 10.2 Å². The number of nitrogens with zero attached hydrogens (tertiary/aromatic N) is 2. The van der Waals surface area contributed by atoms with Gasteiger partial charge in [-0.25, -0.2) is 4.98 Å². The molecule has 0 saturated carbocycles. The Morgan fingerprint density at radius 3 is 2.71 bits per heavy atom. The van der Waals surface area contributed by atoms with E-state index in [2.05, 4.69) is 5.32 Å². The molecule has 0 fully saturated rings. The summed E-state index contributed by atoms with van der Waals surface area (Å²) in [5.74, 6) is 1.14. The number of ether oxygens (including phenoxy) is 2. The lowest BCUT2D eigenvalue weighted by Crippen LogP contribution is -2.24. The van der Waals surface area contributed by atoms with Crippen LogP contribution < -0.4 is 20.3 Å². The summed E-state index contributed by atoms with van der Waals surface area (Å²) in [6.45, 7) is 3.93. The van der Waals surface area contributed by atoms with Crippen LogP contribution in [0.2, 0.25) is 0 Å². The van der Waals surface area contributed by atoms with Gasteiger partial charge in [0.15, 0.2) is 17.3 Å². The number of ketones is 1. The quantitative estimate of drug-likeness (QED) is 0.625. The number of thiophene rings is 1. The van der Waals surface area contributed by atoms with Crippen LogP contribution >= 0.6 is 11.3 Å². The fourth-order valence-corrected chi connectivity index (χ4v) is 5.23. The summed E-state index contributed by atoms with van der Waals surface area (Å²) < 4.78 is 12.5.